The van der Waals surface area contributed by atoms with Crippen LogP contribution in [0.25, 0.3) is 5.76 Å². The molecule has 1 fully saturated rings. The van der Waals surface area contributed by atoms with Gasteiger partial charge in [-0.15, -0.1) is 0 Å². The molecule has 2 N–H and O–H groups in total. The second kappa shape index (κ2) is 9.94. The number of aliphatic hydroxyl groups excluding tert-OH is 1. The van der Waals surface area contributed by atoms with Crippen LogP contribution in [-0.4, -0.2) is 54.2 Å². The Morgan fingerprint density at radius 3 is 2.41 bits per heavy atom. The molecule has 192 valence electrons. The molecule has 1 saturated heterocycles. The van der Waals surface area contributed by atoms with E-state index >= 15 is 0 Å². The van der Waals surface area contributed by atoms with E-state index in [4.69, 9.17) is 14.2 Å². The van der Waals surface area contributed by atoms with Crippen LogP contribution in [0, 0.1) is 13.8 Å². The summed E-state index contributed by atoms with van der Waals surface area (Å²) in [6.45, 7) is 3.32. The molecular weight excluding hydrogens is 500 g/mol. The molecule has 0 unspecified atom stereocenters. The average Bonchev–Trinajstić information content (AvgIpc) is 3.39. The van der Waals surface area contributed by atoms with E-state index in [0.717, 1.165) is 16.2 Å². The third-order valence-corrected chi connectivity index (χ3v) is 7.15. The topological polar surface area (TPSA) is 135 Å². The maximum atomic E-state index is 13.4. The van der Waals surface area contributed by atoms with Gasteiger partial charge < -0.3 is 24.4 Å². The monoisotopic (exact) mass is 524 g/mol. The summed E-state index contributed by atoms with van der Waals surface area (Å²) in [5, 5.41) is 21.6. The van der Waals surface area contributed by atoms with Crippen LogP contribution in [0.2, 0.25) is 0 Å². The van der Waals surface area contributed by atoms with Gasteiger partial charge in [0.1, 0.15) is 16.4 Å². The number of anilines is 1. The summed E-state index contributed by atoms with van der Waals surface area (Å²) < 4.78 is 15.3. The number of ether oxygens (including phenoxy) is 3. The molecule has 37 heavy (non-hydrogen) atoms. The standard InChI is InChI=1S/C26H24N2O8S/c1-12-10-15(34-3)7-8-16(12)21(30)19-20(14-6-9-17(29)18(11-14)35-4)28(24(32)22(19)31)26-27-13(2)23(37-26)25(33)36-5/h6-11,20,29-30H,1-5H3/t20-/m0/s1. The molecule has 1 aliphatic rings. The first-order valence-electron chi connectivity index (χ1n) is 11.0. The number of hydrogen-bond acceptors (Lipinski definition) is 10. The largest absolute Gasteiger partial charge is 0.507 e. The minimum Gasteiger partial charge on any atom is -0.507 e. The zero-order chi connectivity index (χ0) is 27.0. The number of amides is 1. The molecule has 3 aromatic rings. The van der Waals surface area contributed by atoms with Crippen molar-refractivity contribution in [2.45, 2.75) is 19.9 Å². The van der Waals surface area contributed by atoms with Gasteiger partial charge in [0.15, 0.2) is 16.6 Å². The van der Waals surface area contributed by atoms with Gasteiger partial charge in [0.05, 0.1) is 38.6 Å². The lowest BCUT2D eigenvalue weighted by Gasteiger charge is -2.23. The Kier molecular flexibility index (Phi) is 6.90. The van der Waals surface area contributed by atoms with E-state index in [1.807, 2.05) is 0 Å². The summed E-state index contributed by atoms with van der Waals surface area (Å²) in [6, 6.07) is 8.12. The normalized spacial score (nSPS) is 16.7. The fourth-order valence-corrected chi connectivity index (χ4v) is 5.16. The highest BCUT2D eigenvalue weighted by Gasteiger charge is 2.48. The van der Waals surface area contributed by atoms with E-state index in [9.17, 15) is 24.6 Å². The highest BCUT2D eigenvalue weighted by molar-refractivity contribution is 7.17. The zero-order valence-electron chi connectivity index (χ0n) is 20.7. The maximum absolute atomic E-state index is 13.4. The van der Waals surface area contributed by atoms with Gasteiger partial charge >= 0.3 is 11.9 Å². The first kappa shape index (κ1) is 25.7. The number of Topliss-reactive ketones (excluding diaryl/α,β-unsaturated/α-hetero) is 1. The number of esters is 1. The molecule has 11 heteroatoms. The molecule has 1 aromatic heterocycles. The first-order valence-corrected chi connectivity index (χ1v) is 11.8. The van der Waals surface area contributed by atoms with Gasteiger partial charge in [-0.25, -0.2) is 9.78 Å². The average molecular weight is 525 g/mol. The van der Waals surface area contributed by atoms with Crippen LogP contribution in [0.1, 0.15) is 38.1 Å². The van der Waals surface area contributed by atoms with Crippen LogP contribution in [0.5, 0.6) is 17.2 Å². The van der Waals surface area contributed by atoms with Gasteiger partial charge in [0.2, 0.25) is 0 Å². The summed E-state index contributed by atoms with van der Waals surface area (Å²) in [5.74, 6) is -2.37. The quantitative estimate of drug-likeness (QED) is 0.213. The van der Waals surface area contributed by atoms with E-state index in [-0.39, 0.29) is 32.8 Å². The molecule has 1 amide bonds. The van der Waals surface area contributed by atoms with Gasteiger partial charge in [-0.1, -0.05) is 17.4 Å². The number of carbonyl (C=O) groups is 3. The molecule has 0 spiro atoms. The van der Waals surface area contributed by atoms with E-state index in [0.29, 0.717) is 28.1 Å². The lowest BCUT2D eigenvalue weighted by molar-refractivity contribution is -0.132. The number of thiazole rings is 1. The van der Waals surface area contributed by atoms with Crippen LogP contribution >= 0.6 is 11.3 Å². The first-order chi connectivity index (χ1) is 17.6. The van der Waals surface area contributed by atoms with E-state index in [1.165, 1.54) is 39.5 Å². The van der Waals surface area contributed by atoms with Crippen molar-refractivity contribution in [3.8, 4) is 17.2 Å². The molecule has 4 rings (SSSR count). The number of aromatic hydroxyl groups is 1. The molecule has 0 aliphatic carbocycles. The maximum Gasteiger partial charge on any atom is 0.350 e. The number of benzene rings is 2. The minimum atomic E-state index is -1.13. The summed E-state index contributed by atoms with van der Waals surface area (Å²) in [4.78, 5) is 44.6. The summed E-state index contributed by atoms with van der Waals surface area (Å²) >= 11 is 0.890. The summed E-state index contributed by atoms with van der Waals surface area (Å²) in [7, 11) is 4.10. The third-order valence-electron chi connectivity index (χ3n) is 6.01. The SMILES string of the molecule is COC(=O)c1sc(N2C(=O)C(=O)C(=C(O)c3ccc(OC)cc3C)[C@@H]2c2ccc(O)c(OC)c2)nc1C. The van der Waals surface area contributed by atoms with Crippen molar-refractivity contribution in [2.75, 3.05) is 26.2 Å². The molecule has 10 nitrogen and oxygen atoms in total. The number of aromatic nitrogens is 1. The number of nitrogens with zero attached hydrogens (tertiary/aromatic N) is 2. The van der Waals surface area contributed by atoms with Crippen molar-refractivity contribution in [1.29, 1.82) is 0 Å². The smallest absolute Gasteiger partial charge is 0.350 e. The van der Waals surface area contributed by atoms with Crippen molar-refractivity contribution in [3.63, 3.8) is 0 Å². The van der Waals surface area contributed by atoms with Crippen LogP contribution in [0.4, 0.5) is 5.13 Å². The number of phenolic OH excluding ortho intramolecular Hbond substituents is 1. The van der Waals surface area contributed by atoms with Crippen molar-refractivity contribution in [2.24, 2.45) is 0 Å². The number of carbonyl (C=O) groups excluding carboxylic acids is 3. The molecule has 0 saturated carbocycles. The number of methoxy groups -OCH3 is 3. The minimum absolute atomic E-state index is 0.0718. The molecule has 1 atom stereocenters. The molecule has 0 bridgehead atoms. The second-order valence-corrected chi connectivity index (χ2v) is 9.16. The molecule has 0 radical (unpaired) electrons. The highest BCUT2D eigenvalue weighted by atomic mass is 32.1. The Balaban J connectivity index is 1.98. The van der Waals surface area contributed by atoms with Gasteiger partial charge in [-0.05, 0) is 55.3 Å². The Bertz CT molecular complexity index is 1460. The van der Waals surface area contributed by atoms with Gasteiger partial charge in [0.25, 0.3) is 5.78 Å². The van der Waals surface area contributed by atoms with Crippen molar-refractivity contribution in [3.05, 3.63) is 69.2 Å². The number of aliphatic hydroxyl groups is 1. The molecule has 2 heterocycles. The summed E-state index contributed by atoms with van der Waals surface area (Å²) in [5.41, 5.74) is 1.46. The molecular formula is C26H24N2O8S. The van der Waals surface area contributed by atoms with Gasteiger partial charge in [0, 0.05) is 5.56 Å². The fourth-order valence-electron chi connectivity index (χ4n) is 4.15. The van der Waals surface area contributed by atoms with E-state index in [1.54, 1.807) is 32.0 Å². The number of rotatable bonds is 6. The molecule has 1 aliphatic heterocycles. The van der Waals surface area contributed by atoms with Crippen LogP contribution in [0.3, 0.4) is 0 Å². The van der Waals surface area contributed by atoms with E-state index in [2.05, 4.69) is 4.98 Å². The van der Waals surface area contributed by atoms with Crippen LogP contribution in [0.15, 0.2) is 42.0 Å². The Labute approximate surface area is 216 Å². The fraction of sp³-hybridized carbons (Fsp3) is 0.231. The highest BCUT2D eigenvalue weighted by Crippen LogP contribution is 2.45. The predicted octanol–water partition coefficient (Wildman–Crippen LogP) is 3.90. The van der Waals surface area contributed by atoms with Gasteiger partial charge in [-0.2, -0.15) is 0 Å². The zero-order valence-corrected chi connectivity index (χ0v) is 21.5. The van der Waals surface area contributed by atoms with Gasteiger partial charge in [-0.3, -0.25) is 14.5 Å². The second-order valence-electron chi connectivity index (χ2n) is 8.18. The third kappa shape index (κ3) is 4.38. The number of phenols is 1. The number of ketones is 1. The number of aryl methyl sites for hydroxylation is 2. The van der Waals surface area contributed by atoms with Crippen LogP contribution < -0.4 is 14.4 Å². The Morgan fingerprint density at radius 2 is 1.78 bits per heavy atom. The molecule has 2 aromatic carbocycles. The Hall–Kier alpha value is -4.38. The van der Waals surface area contributed by atoms with Crippen molar-refractivity contribution in [1.82, 2.24) is 4.98 Å². The lowest BCUT2D eigenvalue weighted by atomic mass is 9.93. The van der Waals surface area contributed by atoms with Crippen molar-refractivity contribution >= 4 is 39.9 Å². The predicted molar refractivity (Wildman–Crippen MR) is 135 cm³/mol. The Morgan fingerprint density at radius 1 is 1.05 bits per heavy atom. The number of hydrogen-bond donors (Lipinski definition) is 2. The van der Waals surface area contributed by atoms with Crippen molar-refractivity contribution < 1.29 is 38.8 Å². The van der Waals surface area contributed by atoms with E-state index < -0.39 is 23.7 Å². The lowest BCUT2D eigenvalue weighted by Crippen LogP contribution is -2.29. The van der Waals surface area contributed by atoms with Crippen LogP contribution in [-0.2, 0) is 14.3 Å². The summed E-state index contributed by atoms with van der Waals surface area (Å²) in [6.07, 6.45) is 0.